The zero-order valence-corrected chi connectivity index (χ0v) is 17.2. The van der Waals surface area contributed by atoms with Gasteiger partial charge in [-0.15, -0.1) is 0 Å². The van der Waals surface area contributed by atoms with Crippen LogP contribution in [0.5, 0.6) is 0 Å². The van der Waals surface area contributed by atoms with Crippen LogP contribution in [0, 0.1) is 11.2 Å². The van der Waals surface area contributed by atoms with Crippen molar-refractivity contribution in [3.63, 3.8) is 0 Å². The van der Waals surface area contributed by atoms with Gasteiger partial charge in [-0.05, 0) is 38.1 Å². The van der Waals surface area contributed by atoms with Gasteiger partial charge in [0, 0.05) is 30.9 Å². The van der Waals surface area contributed by atoms with E-state index in [1.54, 1.807) is 31.5 Å². The standard InChI is InChI=1S/C21H28FN7O/c1-25-11-13-15(23)6-5-9-16(13)27-20-12(19(24)30)10-14(22)21(29-20)28-18-8-4-3-7-17(18)26-2/h5-6,9-11,17-18,23,25-26H,3-4,7-8H2,1-2H3,(H2,24,30)(H2,27,28,29)/b13-11+,23-15?/t17-,18?/m0/s1. The number of nitrogens with two attached hydrogens (primary N) is 1. The molecule has 1 saturated carbocycles. The number of primary amides is 1. The largest absolute Gasteiger partial charge is 0.393 e. The topological polar surface area (TPSA) is 128 Å². The highest BCUT2D eigenvalue weighted by Crippen LogP contribution is 2.27. The Hall–Kier alpha value is -3.20. The van der Waals surface area contributed by atoms with Crippen molar-refractivity contribution >= 4 is 23.3 Å². The minimum Gasteiger partial charge on any atom is -0.393 e. The second-order valence-corrected chi connectivity index (χ2v) is 7.33. The number of rotatable bonds is 7. The number of carbonyl (C=O) groups excluding carboxylic acids is 1. The third-order valence-electron chi connectivity index (χ3n) is 5.35. The van der Waals surface area contributed by atoms with Crippen LogP contribution in [-0.4, -0.2) is 42.8 Å². The molecule has 2 aliphatic rings. The molecule has 1 aromatic heterocycles. The van der Waals surface area contributed by atoms with E-state index in [0.717, 1.165) is 31.7 Å². The van der Waals surface area contributed by atoms with Crippen LogP contribution in [0.3, 0.4) is 0 Å². The van der Waals surface area contributed by atoms with Gasteiger partial charge in [0.05, 0.1) is 17.0 Å². The molecule has 9 heteroatoms. The number of halogens is 1. The zero-order valence-electron chi connectivity index (χ0n) is 17.2. The number of hydrogen-bond acceptors (Lipinski definition) is 7. The maximum absolute atomic E-state index is 14.8. The van der Waals surface area contributed by atoms with E-state index in [4.69, 9.17) is 11.1 Å². The van der Waals surface area contributed by atoms with Crippen molar-refractivity contribution in [2.45, 2.75) is 37.8 Å². The van der Waals surface area contributed by atoms with Crippen molar-refractivity contribution in [1.29, 1.82) is 5.41 Å². The summed E-state index contributed by atoms with van der Waals surface area (Å²) >= 11 is 0. The third-order valence-corrected chi connectivity index (χ3v) is 5.35. The van der Waals surface area contributed by atoms with Gasteiger partial charge in [0.25, 0.3) is 5.91 Å². The van der Waals surface area contributed by atoms with Crippen molar-refractivity contribution in [3.8, 4) is 0 Å². The van der Waals surface area contributed by atoms with Crippen LogP contribution in [0.2, 0.25) is 0 Å². The number of anilines is 2. The Labute approximate surface area is 175 Å². The molecule has 0 aromatic carbocycles. The van der Waals surface area contributed by atoms with E-state index in [1.165, 1.54) is 0 Å². The minimum atomic E-state index is -0.789. The fraction of sp³-hybridized carbons (Fsp3) is 0.381. The van der Waals surface area contributed by atoms with Gasteiger partial charge in [0.1, 0.15) is 5.82 Å². The first-order valence-electron chi connectivity index (χ1n) is 10.0. The van der Waals surface area contributed by atoms with Crippen molar-refractivity contribution in [2.24, 2.45) is 5.73 Å². The fourth-order valence-electron chi connectivity index (χ4n) is 3.80. The molecular weight excluding hydrogens is 385 g/mol. The summed E-state index contributed by atoms with van der Waals surface area (Å²) in [6.45, 7) is 0. The molecule has 30 heavy (non-hydrogen) atoms. The van der Waals surface area contributed by atoms with E-state index in [-0.39, 0.29) is 35.0 Å². The number of nitrogens with zero attached hydrogens (tertiary/aromatic N) is 1. The molecule has 160 valence electrons. The highest BCUT2D eigenvalue weighted by Gasteiger charge is 2.26. The van der Waals surface area contributed by atoms with Gasteiger partial charge in [-0.2, -0.15) is 0 Å². The molecule has 8 nitrogen and oxygen atoms in total. The Morgan fingerprint density at radius 1 is 1.27 bits per heavy atom. The van der Waals surface area contributed by atoms with E-state index in [1.807, 2.05) is 7.05 Å². The highest BCUT2D eigenvalue weighted by atomic mass is 19.1. The van der Waals surface area contributed by atoms with Crippen LogP contribution < -0.4 is 27.0 Å². The number of amides is 1. The number of nitrogens with one attached hydrogen (secondary N) is 5. The molecule has 2 aliphatic carbocycles. The van der Waals surface area contributed by atoms with Crippen LogP contribution >= 0.6 is 0 Å². The lowest BCUT2D eigenvalue weighted by Crippen LogP contribution is -2.45. The molecule has 1 fully saturated rings. The molecule has 0 radical (unpaired) electrons. The van der Waals surface area contributed by atoms with E-state index in [9.17, 15) is 9.18 Å². The lowest BCUT2D eigenvalue weighted by atomic mass is 9.90. The Balaban J connectivity index is 1.95. The van der Waals surface area contributed by atoms with Gasteiger partial charge < -0.3 is 32.4 Å². The predicted octanol–water partition coefficient (Wildman–Crippen LogP) is 2.25. The van der Waals surface area contributed by atoms with Crippen LogP contribution in [0.4, 0.5) is 16.0 Å². The maximum atomic E-state index is 14.8. The average molecular weight is 414 g/mol. The number of likely N-dealkylation sites (N-methyl/N-ethyl adjacent to an activating group) is 1. The molecule has 1 amide bonds. The zero-order chi connectivity index (χ0) is 21.7. The number of allylic oxidation sites excluding steroid dienone is 4. The third kappa shape index (κ3) is 4.68. The fourth-order valence-corrected chi connectivity index (χ4v) is 3.80. The summed E-state index contributed by atoms with van der Waals surface area (Å²) in [5.41, 5.74) is 6.83. The SMILES string of the molecule is CN/C=C1\C(=N)C=CC=C1Nc1nc(NC2CCCC[C@@H]2NC)c(F)cc1C(N)=O. The second kappa shape index (κ2) is 9.53. The summed E-state index contributed by atoms with van der Waals surface area (Å²) < 4.78 is 14.8. The normalized spacial score (nSPS) is 22.6. The van der Waals surface area contributed by atoms with Gasteiger partial charge in [-0.25, -0.2) is 9.37 Å². The van der Waals surface area contributed by atoms with E-state index >= 15 is 0 Å². The summed E-state index contributed by atoms with van der Waals surface area (Å²) in [7, 11) is 3.62. The molecule has 2 atom stereocenters. The quantitative estimate of drug-likeness (QED) is 0.407. The molecule has 0 saturated heterocycles. The Morgan fingerprint density at radius 2 is 2.00 bits per heavy atom. The summed E-state index contributed by atoms with van der Waals surface area (Å²) in [5, 5.41) is 20.5. The molecule has 3 rings (SSSR count). The lowest BCUT2D eigenvalue weighted by molar-refractivity contribution is 0.100. The molecule has 0 spiro atoms. The van der Waals surface area contributed by atoms with Gasteiger partial charge in [0.15, 0.2) is 11.6 Å². The van der Waals surface area contributed by atoms with Crippen LogP contribution in [0.25, 0.3) is 0 Å². The summed E-state index contributed by atoms with van der Waals surface area (Å²) in [5.74, 6) is -1.22. The van der Waals surface area contributed by atoms with Crippen molar-refractivity contribution in [3.05, 3.63) is 53.1 Å². The van der Waals surface area contributed by atoms with Gasteiger partial charge in [-0.3, -0.25) is 4.79 Å². The summed E-state index contributed by atoms with van der Waals surface area (Å²) in [6.07, 6.45) is 10.9. The van der Waals surface area contributed by atoms with Crippen molar-refractivity contribution < 1.29 is 9.18 Å². The lowest BCUT2D eigenvalue weighted by Gasteiger charge is -2.32. The van der Waals surface area contributed by atoms with Crippen LogP contribution in [0.15, 0.2) is 41.8 Å². The number of hydrogen-bond donors (Lipinski definition) is 6. The number of aromatic nitrogens is 1. The van der Waals surface area contributed by atoms with Gasteiger partial charge in [0.2, 0.25) is 0 Å². The first-order valence-corrected chi connectivity index (χ1v) is 10.0. The smallest absolute Gasteiger partial charge is 0.252 e. The second-order valence-electron chi connectivity index (χ2n) is 7.33. The van der Waals surface area contributed by atoms with Crippen LogP contribution in [0.1, 0.15) is 36.0 Å². The van der Waals surface area contributed by atoms with Crippen LogP contribution in [-0.2, 0) is 0 Å². The van der Waals surface area contributed by atoms with E-state index in [2.05, 4.69) is 26.3 Å². The Bertz CT molecular complexity index is 922. The number of carbonyl (C=O) groups is 1. The summed E-state index contributed by atoms with van der Waals surface area (Å²) in [6, 6.07) is 1.34. The van der Waals surface area contributed by atoms with E-state index in [0.29, 0.717) is 11.3 Å². The average Bonchev–Trinajstić information content (AvgIpc) is 2.73. The Morgan fingerprint density at radius 3 is 2.67 bits per heavy atom. The minimum absolute atomic E-state index is 0.0304. The van der Waals surface area contributed by atoms with Crippen molar-refractivity contribution in [2.75, 3.05) is 24.7 Å². The maximum Gasteiger partial charge on any atom is 0.252 e. The number of pyridine rings is 1. The molecule has 0 aliphatic heterocycles. The molecule has 0 bridgehead atoms. The first-order chi connectivity index (χ1) is 14.4. The van der Waals surface area contributed by atoms with Crippen molar-refractivity contribution in [1.82, 2.24) is 15.6 Å². The molecule has 7 N–H and O–H groups in total. The summed E-state index contributed by atoms with van der Waals surface area (Å²) in [4.78, 5) is 16.3. The molecule has 1 aromatic rings. The monoisotopic (exact) mass is 413 g/mol. The molecular formula is C21H28FN7O. The predicted molar refractivity (Wildman–Crippen MR) is 117 cm³/mol. The van der Waals surface area contributed by atoms with Gasteiger partial charge in [-0.1, -0.05) is 18.9 Å². The first kappa shape index (κ1) is 21.5. The van der Waals surface area contributed by atoms with E-state index < -0.39 is 11.7 Å². The molecule has 1 heterocycles. The van der Waals surface area contributed by atoms with Gasteiger partial charge >= 0.3 is 0 Å². The highest BCUT2D eigenvalue weighted by molar-refractivity contribution is 6.11. The molecule has 1 unspecified atom stereocenters. The Kier molecular flexibility index (Phi) is 6.83.